The number of amides is 1. The molecule has 1 fully saturated rings. The van der Waals surface area contributed by atoms with Crippen LogP contribution in [0, 0.1) is 0 Å². The molecule has 25 heavy (non-hydrogen) atoms. The summed E-state index contributed by atoms with van der Waals surface area (Å²) in [6, 6.07) is 16.5. The molecule has 3 aromatic rings. The zero-order valence-corrected chi connectivity index (χ0v) is 14.0. The van der Waals surface area contributed by atoms with Crippen molar-refractivity contribution >= 4 is 16.8 Å². The van der Waals surface area contributed by atoms with E-state index in [0.717, 1.165) is 49.2 Å². The van der Waals surface area contributed by atoms with Crippen molar-refractivity contribution in [2.24, 2.45) is 0 Å². The Hall–Kier alpha value is -2.75. The van der Waals surface area contributed by atoms with Gasteiger partial charge in [0.2, 0.25) is 0 Å². The highest BCUT2D eigenvalue weighted by Gasteiger charge is 2.29. The van der Waals surface area contributed by atoms with Crippen molar-refractivity contribution in [2.75, 3.05) is 19.7 Å². The van der Waals surface area contributed by atoms with Crippen molar-refractivity contribution in [1.29, 1.82) is 0 Å². The highest BCUT2D eigenvalue weighted by Crippen LogP contribution is 2.33. The topological polar surface area (TPSA) is 45.3 Å². The molecule has 1 aromatic heterocycles. The lowest BCUT2D eigenvalue weighted by Gasteiger charge is -2.16. The third-order valence-electron chi connectivity index (χ3n) is 5.42. The number of hydrogen-bond acceptors (Lipinski definition) is 2. The average molecular weight is 332 g/mol. The zero-order valence-electron chi connectivity index (χ0n) is 14.0. The molecule has 1 atom stereocenters. The van der Waals surface area contributed by atoms with Gasteiger partial charge < -0.3 is 14.6 Å². The van der Waals surface area contributed by atoms with E-state index in [1.165, 1.54) is 11.1 Å². The van der Waals surface area contributed by atoms with E-state index in [4.69, 9.17) is 4.74 Å². The second kappa shape index (κ2) is 5.66. The molecule has 5 rings (SSSR count). The van der Waals surface area contributed by atoms with Gasteiger partial charge in [-0.1, -0.05) is 30.3 Å². The summed E-state index contributed by atoms with van der Waals surface area (Å²) >= 11 is 0. The third kappa shape index (κ3) is 2.49. The summed E-state index contributed by atoms with van der Waals surface area (Å²) in [7, 11) is 0. The van der Waals surface area contributed by atoms with Crippen LogP contribution in [0.15, 0.2) is 48.5 Å². The largest absolute Gasteiger partial charge is 0.493 e. The van der Waals surface area contributed by atoms with E-state index in [0.29, 0.717) is 11.6 Å². The van der Waals surface area contributed by atoms with Crippen LogP contribution in [0.2, 0.25) is 0 Å². The van der Waals surface area contributed by atoms with Gasteiger partial charge in [-0.05, 0) is 35.7 Å². The molecule has 1 amide bonds. The van der Waals surface area contributed by atoms with Crippen LogP contribution in [0.3, 0.4) is 0 Å². The molecular formula is C21H20N2O2. The lowest BCUT2D eigenvalue weighted by atomic mass is 9.96. The number of nitrogens with one attached hydrogen (secondary N) is 1. The fourth-order valence-electron chi connectivity index (χ4n) is 4.04. The van der Waals surface area contributed by atoms with Gasteiger partial charge in [0.15, 0.2) is 0 Å². The Bertz CT molecular complexity index is 926. The molecule has 126 valence electrons. The fourth-order valence-corrected chi connectivity index (χ4v) is 4.04. The molecular weight excluding hydrogens is 312 g/mol. The number of carbonyl (C=O) groups is 1. The molecule has 2 aromatic carbocycles. The summed E-state index contributed by atoms with van der Waals surface area (Å²) in [5.74, 6) is 1.54. The number of para-hydroxylation sites is 1. The van der Waals surface area contributed by atoms with Gasteiger partial charge in [0.25, 0.3) is 5.91 Å². The van der Waals surface area contributed by atoms with Gasteiger partial charge in [0.05, 0.1) is 6.61 Å². The van der Waals surface area contributed by atoms with Crippen LogP contribution in [0.25, 0.3) is 10.9 Å². The lowest BCUT2D eigenvalue weighted by molar-refractivity contribution is 0.0786. The smallest absolute Gasteiger partial charge is 0.270 e. The number of carbonyl (C=O) groups excluding carboxylic acids is 1. The van der Waals surface area contributed by atoms with Crippen LogP contribution in [-0.2, 0) is 6.42 Å². The summed E-state index contributed by atoms with van der Waals surface area (Å²) in [4.78, 5) is 18.1. The van der Waals surface area contributed by atoms with Gasteiger partial charge in [0.1, 0.15) is 11.4 Å². The average Bonchev–Trinajstić information content (AvgIpc) is 3.38. The van der Waals surface area contributed by atoms with E-state index in [1.807, 2.05) is 35.2 Å². The molecule has 1 N–H and O–H groups in total. The minimum absolute atomic E-state index is 0.100. The van der Waals surface area contributed by atoms with Crippen molar-refractivity contribution in [3.05, 3.63) is 65.4 Å². The summed E-state index contributed by atoms with van der Waals surface area (Å²) in [6.45, 7) is 2.38. The molecule has 0 saturated carbocycles. The minimum atomic E-state index is 0.100. The highest BCUT2D eigenvalue weighted by molar-refractivity contribution is 5.98. The van der Waals surface area contributed by atoms with E-state index >= 15 is 0 Å². The van der Waals surface area contributed by atoms with Gasteiger partial charge in [0, 0.05) is 36.3 Å². The van der Waals surface area contributed by atoms with Gasteiger partial charge in [-0.3, -0.25) is 4.79 Å². The maximum Gasteiger partial charge on any atom is 0.270 e. The molecule has 0 spiro atoms. The van der Waals surface area contributed by atoms with Crippen LogP contribution in [-0.4, -0.2) is 35.5 Å². The Morgan fingerprint density at radius 1 is 1.16 bits per heavy atom. The number of nitrogens with zero attached hydrogens (tertiary/aromatic N) is 1. The standard InChI is InChI=1S/C21H20N2O2/c24-21(19-12-15-3-1-2-4-18(15)22-19)23-9-7-17(13-23)14-5-6-20-16(11-14)8-10-25-20/h1-6,11-12,17,22H,7-10,13H2/t17-/m0/s1. The molecule has 0 unspecified atom stereocenters. The first-order chi connectivity index (χ1) is 12.3. The molecule has 2 aliphatic heterocycles. The first kappa shape index (κ1) is 14.6. The lowest BCUT2D eigenvalue weighted by Crippen LogP contribution is -2.28. The van der Waals surface area contributed by atoms with Gasteiger partial charge >= 0.3 is 0 Å². The first-order valence-electron chi connectivity index (χ1n) is 8.90. The summed E-state index contributed by atoms with van der Waals surface area (Å²) in [5, 5.41) is 1.08. The van der Waals surface area contributed by atoms with Crippen molar-refractivity contribution in [3.8, 4) is 5.75 Å². The van der Waals surface area contributed by atoms with Crippen LogP contribution >= 0.6 is 0 Å². The SMILES string of the molecule is O=C(c1cc2ccccc2[nH]1)N1CC[C@H](c2ccc3c(c2)CCO3)C1. The predicted octanol–water partition coefficient (Wildman–Crippen LogP) is 3.73. The Labute approximate surface area is 146 Å². The summed E-state index contributed by atoms with van der Waals surface area (Å²) in [6.07, 6.45) is 2.01. The number of fused-ring (bicyclic) bond motifs is 2. The number of ether oxygens (including phenoxy) is 1. The second-order valence-electron chi connectivity index (χ2n) is 6.97. The second-order valence-corrected chi connectivity index (χ2v) is 6.97. The number of H-pyrrole nitrogens is 1. The zero-order chi connectivity index (χ0) is 16.8. The number of benzene rings is 2. The van der Waals surface area contributed by atoms with Crippen LogP contribution in [0.5, 0.6) is 5.75 Å². The molecule has 4 nitrogen and oxygen atoms in total. The molecule has 2 aliphatic rings. The van der Waals surface area contributed by atoms with E-state index in [-0.39, 0.29) is 5.91 Å². The van der Waals surface area contributed by atoms with Crippen molar-refractivity contribution in [3.63, 3.8) is 0 Å². The molecule has 0 bridgehead atoms. The van der Waals surface area contributed by atoms with Gasteiger partial charge in [-0.15, -0.1) is 0 Å². The highest BCUT2D eigenvalue weighted by atomic mass is 16.5. The molecule has 0 aliphatic carbocycles. The number of aromatic amines is 1. The Morgan fingerprint density at radius 3 is 3.00 bits per heavy atom. The maximum atomic E-state index is 12.9. The van der Waals surface area contributed by atoms with Gasteiger partial charge in [-0.25, -0.2) is 0 Å². The van der Waals surface area contributed by atoms with Crippen LogP contribution < -0.4 is 4.74 Å². The minimum Gasteiger partial charge on any atom is -0.493 e. The van der Waals surface area contributed by atoms with E-state index in [2.05, 4.69) is 23.2 Å². The summed E-state index contributed by atoms with van der Waals surface area (Å²) < 4.78 is 5.59. The molecule has 3 heterocycles. The Morgan fingerprint density at radius 2 is 2.08 bits per heavy atom. The molecule has 1 saturated heterocycles. The van der Waals surface area contributed by atoms with E-state index in [1.54, 1.807) is 0 Å². The quantitative estimate of drug-likeness (QED) is 0.777. The third-order valence-corrected chi connectivity index (χ3v) is 5.42. The fraction of sp³-hybridized carbons (Fsp3) is 0.286. The van der Waals surface area contributed by atoms with Crippen LogP contribution in [0.4, 0.5) is 0 Å². The molecule has 0 radical (unpaired) electrons. The normalized spacial score (nSPS) is 19.2. The van der Waals surface area contributed by atoms with Crippen molar-refractivity contribution < 1.29 is 9.53 Å². The predicted molar refractivity (Wildman–Crippen MR) is 97.2 cm³/mol. The van der Waals surface area contributed by atoms with Crippen molar-refractivity contribution in [1.82, 2.24) is 9.88 Å². The monoisotopic (exact) mass is 332 g/mol. The Kier molecular flexibility index (Phi) is 3.30. The number of rotatable bonds is 2. The van der Waals surface area contributed by atoms with Crippen LogP contribution in [0.1, 0.15) is 34.0 Å². The van der Waals surface area contributed by atoms with E-state index < -0.39 is 0 Å². The number of aromatic nitrogens is 1. The van der Waals surface area contributed by atoms with E-state index in [9.17, 15) is 4.79 Å². The number of hydrogen-bond donors (Lipinski definition) is 1. The first-order valence-corrected chi connectivity index (χ1v) is 8.90. The van der Waals surface area contributed by atoms with Gasteiger partial charge in [-0.2, -0.15) is 0 Å². The number of likely N-dealkylation sites (tertiary alicyclic amines) is 1. The Balaban J connectivity index is 1.35. The molecule has 4 heteroatoms. The maximum absolute atomic E-state index is 12.9. The summed E-state index contributed by atoms with van der Waals surface area (Å²) in [5.41, 5.74) is 4.33. The van der Waals surface area contributed by atoms with Crippen molar-refractivity contribution in [2.45, 2.75) is 18.8 Å².